The number of ether oxygens (including phenoxy) is 1. The first kappa shape index (κ1) is 11.2. The number of piperidine rings is 1. The predicted molar refractivity (Wildman–Crippen MR) is 56.0 cm³/mol. The predicted octanol–water partition coefficient (Wildman–Crippen LogP) is 1.50. The van der Waals surface area contributed by atoms with E-state index in [0.29, 0.717) is 0 Å². The Kier molecular flexibility index (Phi) is 4.14. The van der Waals surface area contributed by atoms with Crippen molar-refractivity contribution in [2.24, 2.45) is 5.41 Å². The van der Waals surface area contributed by atoms with Gasteiger partial charge in [0.15, 0.2) is 0 Å². The number of carbonyl (C=O) groups excluding carboxylic acids is 1. The number of rotatable bonds is 4. The summed E-state index contributed by atoms with van der Waals surface area (Å²) in [5.74, 6) is -0.0548. The van der Waals surface area contributed by atoms with Crippen LogP contribution in [-0.4, -0.2) is 26.2 Å². The molecule has 0 unspecified atom stereocenters. The Bertz CT molecular complexity index is 207. The standard InChI is InChI=1S/C11H19NO2/c1-3-4-5-11(10(13)14-2)6-8-12-9-7-11/h3,12H,1,4-9H2,2H3. The molecular formula is C11H19NO2. The molecule has 0 saturated carbocycles. The second-order valence-corrected chi connectivity index (χ2v) is 3.85. The molecule has 1 aliphatic rings. The molecule has 0 aliphatic carbocycles. The van der Waals surface area contributed by atoms with E-state index in [1.54, 1.807) is 0 Å². The smallest absolute Gasteiger partial charge is 0.311 e. The zero-order chi connectivity index (χ0) is 10.4. The Morgan fingerprint density at radius 3 is 2.71 bits per heavy atom. The number of nitrogens with one attached hydrogen (secondary N) is 1. The summed E-state index contributed by atoms with van der Waals surface area (Å²) in [4.78, 5) is 11.7. The molecule has 1 N–H and O–H groups in total. The third-order valence-corrected chi connectivity index (χ3v) is 3.01. The third-order valence-electron chi connectivity index (χ3n) is 3.01. The minimum atomic E-state index is -0.256. The zero-order valence-corrected chi connectivity index (χ0v) is 8.84. The molecule has 0 radical (unpaired) electrons. The maximum atomic E-state index is 11.7. The molecule has 0 aromatic heterocycles. The van der Waals surface area contributed by atoms with Gasteiger partial charge in [-0.3, -0.25) is 4.79 Å². The topological polar surface area (TPSA) is 38.3 Å². The summed E-state index contributed by atoms with van der Waals surface area (Å²) in [6, 6.07) is 0. The van der Waals surface area contributed by atoms with E-state index in [4.69, 9.17) is 4.74 Å². The van der Waals surface area contributed by atoms with Gasteiger partial charge in [0.25, 0.3) is 0 Å². The monoisotopic (exact) mass is 197 g/mol. The highest BCUT2D eigenvalue weighted by atomic mass is 16.5. The van der Waals surface area contributed by atoms with Crippen molar-refractivity contribution in [3.05, 3.63) is 12.7 Å². The van der Waals surface area contributed by atoms with Gasteiger partial charge in [0, 0.05) is 0 Å². The van der Waals surface area contributed by atoms with Crippen molar-refractivity contribution < 1.29 is 9.53 Å². The largest absolute Gasteiger partial charge is 0.469 e. The van der Waals surface area contributed by atoms with Crippen LogP contribution in [0.2, 0.25) is 0 Å². The van der Waals surface area contributed by atoms with Crippen molar-refractivity contribution in [1.82, 2.24) is 5.32 Å². The molecule has 3 nitrogen and oxygen atoms in total. The molecule has 0 spiro atoms. The van der Waals surface area contributed by atoms with Crippen LogP contribution in [0.4, 0.5) is 0 Å². The maximum absolute atomic E-state index is 11.7. The number of methoxy groups -OCH3 is 1. The van der Waals surface area contributed by atoms with Gasteiger partial charge in [0.05, 0.1) is 12.5 Å². The zero-order valence-electron chi connectivity index (χ0n) is 8.84. The average molecular weight is 197 g/mol. The second-order valence-electron chi connectivity index (χ2n) is 3.85. The molecule has 0 amide bonds. The Morgan fingerprint density at radius 1 is 1.57 bits per heavy atom. The molecule has 1 rings (SSSR count). The molecule has 14 heavy (non-hydrogen) atoms. The van der Waals surface area contributed by atoms with Crippen LogP contribution in [0.5, 0.6) is 0 Å². The molecular weight excluding hydrogens is 178 g/mol. The summed E-state index contributed by atoms with van der Waals surface area (Å²) in [7, 11) is 1.47. The van der Waals surface area contributed by atoms with E-state index >= 15 is 0 Å². The molecule has 0 atom stereocenters. The summed E-state index contributed by atoms with van der Waals surface area (Å²) >= 11 is 0. The van der Waals surface area contributed by atoms with Gasteiger partial charge in [-0.25, -0.2) is 0 Å². The van der Waals surface area contributed by atoms with E-state index in [0.717, 1.165) is 38.8 Å². The van der Waals surface area contributed by atoms with Crippen molar-refractivity contribution >= 4 is 5.97 Å². The highest BCUT2D eigenvalue weighted by Crippen LogP contribution is 2.35. The molecule has 80 valence electrons. The van der Waals surface area contributed by atoms with E-state index in [9.17, 15) is 4.79 Å². The lowest BCUT2D eigenvalue weighted by molar-refractivity contribution is -0.155. The van der Waals surface area contributed by atoms with Crippen LogP contribution in [0.25, 0.3) is 0 Å². The van der Waals surface area contributed by atoms with E-state index in [1.807, 2.05) is 6.08 Å². The summed E-state index contributed by atoms with van der Waals surface area (Å²) in [5, 5.41) is 3.26. The highest BCUT2D eigenvalue weighted by molar-refractivity contribution is 5.76. The van der Waals surface area contributed by atoms with E-state index in [1.165, 1.54) is 7.11 Å². The van der Waals surface area contributed by atoms with Gasteiger partial charge < -0.3 is 10.1 Å². The summed E-state index contributed by atoms with van der Waals surface area (Å²) in [6.07, 6.45) is 5.38. The quantitative estimate of drug-likeness (QED) is 0.548. The maximum Gasteiger partial charge on any atom is 0.311 e. The first-order chi connectivity index (χ1) is 6.75. The molecule has 0 bridgehead atoms. The molecule has 3 heteroatoms. The Balaban J connectivity index is 2.66. The lowest BCUT2D eigenvalue weighted by atomic mass is 9.75. The number of hydrogen-bond acceptors (Lipinski definition) is 3. The van der Waals surface area contributed by atoms with Crippen molar-refractivity contribution in [1.29, 1.82) is 0 Å². The number of esters is 1. The van der Waals surface area contributed by atoms with Crippen molar-refractivity contribution in [2.75, 3.05) is 20.2 Å². The molecule has 1 heterocycles. The van der Waals surface area contributed by atoms with E-state index in [2.05, 4.69) is 11.9 Å². The Hall–Kier alpha value is -0.830. The van der Waals surface area contributed by atoms with Crippen molar-refractivity contribution in [3.63, 3.8) is 0 Å². The number of hydrogen-bond donors (Lipinski definition) is 1. The fourth-order valence-corrected chi connectivity index (χ4v) is 2.06. The van der Waals surface area contributed by atoms with Crippen molar-refractivity contribution in [3.8, 4) is 0 Å². The molecule has 1 saturated heterocycles. The minimum absolute atomic E-state index is 0.0548. The summed E-state index contributed by atoms with van der Waals surface area (Å²) < 4.78 is 4.89. The minimum Gasteiger partial charge on any atom is -0.469 e. The molecule has 1 fully saturated rings. The van der Waals surface area contributed by atoms with Gasteiger partial charge in [-0.05, 0) is 38.8 Å². The first-order valence-corrected chi connectivity index (χ1v) is 5.15. The lowest BCUT2D eigenvalue weighted by Crippen LogP contribution is -2.42. The fourth-order valence-electron chi connectivity index (χ4n) is 2.06. The summed E-state index contributed by atoms with van der Waals surface area (Å²) in [5.41, 5.74) is -0.256. The average Bonchev–Trinajstić information content (AvgIpc) is 2.26. The van der Waals surface area contributed by atoms with Crippen LogP contribution in [0, 0.1) is 5.41 Å². The van der Waals surface area contributed by atoms with Gasteiger partial charge in [0.2, 0.25) is 0 Å². The Morgan fingerprint density at radius 2 is 2.21 bits per heavy atom. The van der Waals surface area contributed by atoms with Crippen LogP contribution in [0.1, 0.15) is 25.7 Å². The van der Waals surface area contributed by atoms with Gasteiger partial charge in [-0.2, -0.15) is 0 Å². The second kappa shape index (κ2) is 5.15. The fraction of sp³-hybridized carbons (Fsp3) is 0.727. The third kappa shape index (κ3) is 2.35. The molecule has 0 aromatic rings. The van der Waals surface area contributed by atoms with Crippen LogP contribution in [-0.2, 0) is 9.53 Å². The SMILES string of the molecule is C=CCCC1(C(=O)OC)CCNCC1. The number of allylic oxidation sites excluding steroid dienone is 1. The normalized spacial score (nSPS) is 20.1. The van der Waals surface area contributed by atoms with Gasteiger partial charge in [-0.1, -0.05) is 6.08 Å². The van der Waals surface area contributed by atoms with Crippen LogP contribution in [0.3, 0.4) is 0 Å². The van der Waals surface area contributed by atoms with Crippen LogP contribution < -0.4 is 5.32 Å². The van der Waals surface area contributed by atoms with Gasteiger partial charge in [0.1, 0.15) is 0 Å². The van der Waals surface area contributed by atoms with Gasteiger partial charge in [-0.15, -0.1) is 6.58 Å². The molecule has 1 aliphatic heterocycles. The van der Waals surface area contributed by atoms with Crippen LogP contribution in [0.15, 0.2) is 12.7 Å². The highest BCUT2D eigenvalue weighted by Gasteiger charge is 2.39. The van der Waals surface area contributed by atoms with E-state index < -0.39 is 0 Å². The van der Waals surface area contributed by atoms with Crippen molar-refractivity contribution in [2.45, 2.75) is 25.7 Å². The number of carbonyl (C=O) groups is 1. The first-order valence-electron chi connectivity index (χ1n) is 5.15. The van der Waals surface area contributed by atoms with Gasteiger partial charge >= 0.3 is 5.97 Å². The van der Waals surface area contributed by atoms with Crippen LogP contribution >= 0.6 is 0 Å². The van der Waals surface area contributed by atoms with E-state index in [-0.39, 0.29) is 11.4 Å². The molecule has 0 aromatic carbocycles. The lowest BCUT2D eigenvalue weighted by Gasteiger charge is -2.34. The summed E-state index contributed by atoms with van der Waals surface area (Å²) in [6.45, 7) is 5.51. The Labute approximate surface area is 85.5 Å².